The van der Waals surface area contributed by atoms with Crippen molar-refractivity contribution in [1.82, 2.24) is 0 Å². The maximum absolute atomic E-state index is 11.6. The lowest BCUT2D eigenvalue weighted by Crippen LogP contribution is -2.06. The molecule has 1 aromatic rings. The van der Waals surface area contributed by atoms with Gasteiger partial charge >= 0.3 is 5.97 Å². The minimum absolute atomic E-state index is 0.303. The molecular weight excluding hydrogens is 276 g/mol. The lowest BCUT2D eigenvalue weighted by Gasteiger charge is -2.12. The van der Waals surface area contributed by atoms with Crippen molar-refractivity contribution in [1.29, 1.82) is 0 Å². The summed E-state index contributed by atoms with van der Waals surface area (Å²) in [5.41, 5.74) is 0.633. The van der Waals surface area contributed by atoms with Gasteiger partial charge in [0.15, 0.2) is 17.3 Å². The molecule has 0 heterocycles. The van der Waals surface area contributed by atoms with E-state index in [1.807, 2.05) is 0 Å². The Morgan fingerprint density at radius 2 is 1.52 bits per heavy atom. The number of hydrogen-bond acceptors (Lipinski definition) is 6. The highest BCUT2D eigenvalue weighted by Gasteiger charge is 2.11. The zero-order valence-electron chi connectivity index (χ0n) is 12.5. The Balaban J connectivity index is 3.01. The summed E-state index contributed by atoms with van der Waals surface area (Å²) in [6.07, 6.45) is 2.54. The van der Waals surface area contributed by atoms with E-state index in [0.29, 0.717) is 22.8 Å². The van der Waals surface area contributed by atoms with Gasteiger partial charge in [-0.15, -0.1) is 0 Å². The molecule has 0 spiro atoms. The quantitative estimate of drug-likeness (QED) is 0.434. The van der Waals surface area contributed by atoms with Gasteiger partial charge < -0.3 is 18.9 Å². The van der Waals surface area contributed by atoms with E-state index in [9.17, 15) is 9.59 Å². The molecule has 0 amide bonds. The van der Waals surface area contributed by atoms with Gasteiger partial charge in [-0.05, 0) is 18.2 Å². The fourth-order valence-electron chi connectivity index (χ4n) is 1.64. The number of carbonyl (C=O) groups excluding carboxylic acids is 2. The molecule has 0 N–H and O–H groups in total. The SMILES string of the molecule is COC(=O)CC(=O)C=Cc1cc(OC)c(OC)cc1OC. The molecule has 0 aliphatic rings. The van der Waals surface area contributed by atoms with E-state index in [-0.39, 0.29) is 12.2 Å². The summed E-state index contributed by atoms with van der Waals surface area (Å²) in [6.45, 7) is 0. The first-order chi connectivity index (χ1) is 10.0. The monoisotopic (exact) mass is 294 g/mol. The summed E-state index contributed by atoms with van der Waals surface area (Å²) < 4.78 is 20.0. The zero-order chi connectivity index (χ0) is 15.8. The maximum Gasteiger partial charge on any atom is 0.313 e. The Labute approximate surface area is 123 Å². The maximum atomic E-state index is 11.6. The Kier molecular flexibility index (Phi) is 6.26. The number of esters is 1. The summed E-state index contributed by atoms with van der Waals surface area (Å²) in [7, 11) is 5.78. The van der Waals surface area contributed by atoms with Gasteiger partial charge in [0.05, 0.1) is 28.4 Å². The van der Waals surface area contributed by atoms with Crippen molar-refractivity contribution >= 4 is 17.8 Å². The minimum Gasteiger partial charge on any atom is -0.496 e. The minimum atomic E-state index is -0.580. The Hall–Kier alpha value is -2.50. The Morgan fingerprint density at radius 1 is 0.952 bits per heavy atom. The first-order valence-corrected chi connectivity index (χ1v) is 6.13. The number of ketones is 1. The average Bonchev–Trinajstić information content (AvgIpc) is 2.51. The molecule has 1 rings (SSSR count). The van der Waals surface area contributed by atoms with E-state index in [1.54, 1.807) is 18.2 Å². The predicted molar refractivity (Wildman–Crippen MR) is 76.8 cm³/mol. The normalized spacial score (nSPS) is 10.3. The van der Waals surface area contributed by atoms with E-state index in [1.165, 1.54) is 34.5 Å². The van der Waals surface area contributed by atoms with Crippen LogP contribution < -0.4 is 14.2 Å². The molecule has 0 bridgehead atoms. The summed E-state index contributed by atoms with van der Waals surface area (Å²) >= 11 is 0. The number of hydrogen-bond donors (Lipinski definition) is 0. The summed E-state index contributed by atoms with van der Waals surface area (Å²) in [6, 6.07) is 3.34. The lowest BCUT2D eigenvalue weighted by atomic mass is 10.1. The molecule has 21 heavy (non-hydrogen) atoms. The Morgan fingerprint density at radius 3 is 2.05 bits per heavy atom. The van der Waals surface area contributed by atoms with E-state index in [0.717, 1.165) is 0 Å². The van der Waals surface area contributed by atoms with Crippen LogP contribution in [-0.2, 0) is 14.3 Å². The third-order valence-electron chi connectivity index (χ3n) is 2.73. The fraction of sp³-hybridized carbons (Fsp3) is 0.333. The van der Waals surface area contributed by atoms with Crippen LogP contribution in [0.2, 0.25) is 0 Å². The van der Waals surface area contributed by atoms with Gasteiger partial charge in [-0.3, -0.25) is 9.59 Å². The number of carbonyl (C=O) groups is 2. The molecule has 0 saturated heterocycles. The standard InChI is InChI=1S/C15H18O6/c1-18-12-9-14(20-3)13(19-2)7-10(12)5-6-11(16)8-15(17)21-4/h5-7,9H,8H2,1-4H3. The van der Waals surface area contributed by atoms with Crippen molar-refractivity contribution in [3.05, 3.63) is 23.8 Å². The van der Waals surface area contributed by atoms with Crippen molar-refractivity contribution in [2.24, 2.45) is 0 Å². The summed E-state index contributed by atoms with van der Waals surface area (Å²) in [4.78, 5) is 22.6. The molecule has 6 heteroatoms. The topological polar surface area (TPSA) is 71.1 Å². The molecule has 1 aromatic carbocycles. The van der Waals surface area contributed by atoms with Crippen molar-refractivity contribution in [3.63, 3.8) is 0 Å². The molecule has 0 atom stereocenters. The van der Waals surface area contributed by atoms with Gasteiger partial charge in [0.1, 0.15) is 12.2 Å². The number of methoxy groups -OCH3 is 4. The molecule has 6 nitrogen and oxygen atoms in total. The predicted octanol–water partition coefficient (Wildman–Crippen LogP) is 1.86. The highest BCUT2D eigenvalue weighted by molar-refractivity contribution is 6.04. The second-order valence-corrected chi connectivity index (χ2v) is 4.00. The molecule has 0 saturated carbocycles. The molecule has 0 radical (unpaired) electrons. The Bertz CT molecular complexity index is 547. The first kappa shape index (κ1) is 16.6. The molecule has 114 valence electrons. The second kappa shape index (κ2) is 7.94. The largest absolute Gasteiger partial charge is 0.496 e. The van der Waals surface area contributed by atoms with Crippen molar-refractivity contribution in [2.75, 3.05) is 28.4 Å². The van der Waals surface area contributed by atoms with E-state index in [2.05, 4.69) is 4.74 Å². The highest BCUT2D eigenvalue weighted by atomic mass is 16.5. The van der Waals surface area contributed by atoms with Crippen LogP contribution in [0.25, 0.3) is 6.08 Å². The van der Waals surface area contributed by atoms with Crippen LogP contribution in [0.15, 0.2) is 18.2 Å². The summed E-state index contributed by atoms with van der Waals surface area (Å²) in [5, 5.41) is 0. The summed E-state index contributed by atoms with van der Waals surface area (Å²) in [5.74, 6) is 0.614. The van der Waals surface area contributed by atoms with Gasteiger partial charge in [0.25, 0.3) is 0 Å². The van der Waals surface area contributed by atoms with Crippen molar-refractivity contribution < 1.29 is 28.5 Å². The molecular formula is C15H18O6. The molecule has 0 aliphatic carbocycles. The van der Waals surface area contributed by atoms with Gasteiger partial charge in [-0.25, -0.2) is 0 Å². The highest BCUT2D eigenvalue weighted by Crippen LogP contribution is 2.35. The van der Waals surface area contributed by atoms with Crippen LogP contribution in [0.3, 0.4) is 0 Å². The van der Waals surface area contributed by atoms with E-state index < -0.39 is 5.97 Å². The first-order valence-electron chi connectivity index (χ1n) is 6.13. The van der Waals surface area contributed by atoms with Crippen LogP contribution in [0.5, 0.6) is 17.2 Å². The molecule has 0 aromatic heterocycles. The number of benzene rings is 1. The van der Waals surface area contributed by atoms with E-state index >= 15 is 0 Å². The number of allylic oxidation sites excluding steroid dienone is 1. The molecule has 0 aliphatic heterocycles. The van der Waals surface area contributed by atoms with Crippen LogP contribution in [0.4, 0.5) is 0 Å². The van der Waals surface area contributed by atoms with Gasteiger partial charge in [-0.1, -0.05) is 0 Å². The van der Waals surface area contributed by atoms with Gasteiger partial charge in [0, 0.05) is 11.6 Å². The second-order valence-electron chi connectivity index (χ2n) is 4.00. The van der Waals surface area contributed by atoms with Crippen molar-refractivity contribution in [2.45, 2.75) is 6.42 Å². The van der Waals surface area contributed by atoms with Gasteiger partial charge in [-0.2, -0.15) is 0 Å². The van der Waals surface area contributed by atoms with Crippen LogP contribution in [0, 0.1) is 0 Å². The fourth-order valence-corrected chi connectivity index (χ4v) is 1.64. The molecule has 0 fully saturated rings. The van der Waals surface area contributed by atoms with Crippen molar-refractivity contribution in [3.8, 4) is 17.2 Å². The van der Waals surface area contributed by atoms with Gasteiger partial charge in [0.2, 0.25) is 0 Å². The molecule has 0 unspecified atom stereocenters. The average molecular weight is 294 g/mol. The zero-order valence-corrected chi connectivity index (χ0v) is 12.5. The third kappa shape index (κ3) is 4.52. The third-order valence-corrected chi connectivity index (χ3v) is 2.73. The van der Waals surface area contributed by atoms with E-state index in [4.69, 9.17) is 14.2 Å². The van der Waals surface area contributed by atoms with Crippen LogP contribution in [0.1, 0.15) is 12.0 Å². The lowest BCUT2D eigenvalue weighted by molar-refractivity contribution is -0.142. The number of rotatable bonds is 7. The van der Waals surface area contributed by atoms with Crippen LogP contribution >= 0.6 is 0 Å². The smallest absolute Gasteiger partial charge is 0.313 e. The number of ether oxygens (including phenoxy) is 4. The van der Waals surface area contributed by atoms with Crippen LogP contribution in [-0.4, -0.2) is 40.2 Å².